The summed E-state index contributed by atoms with van der Waals surface area (Å²) in [6.45, 7) is 6.65. The van der Waals surface area contributed by atoms with E-state index < -0.39 is 177 Å². The quantitative estimate of drug-likeness (QED) is 0.0733. The second kappa shape index (κ2) is 26.4. The highest BCUT2D eigenvalue weighted by atomic mass is 79.9. The number of ether oxygens (including phenoxy) is 15. The van der Waals surface area contributed by atoms with E-state index >= 15 is 0 Å². The molecule has 0 bridgehead atoms. The van der Waals surface area contributed by atoms with Crippen molar-refractivity contribution < 1.29 is 124 Å². The molecule has 27 nitrogen and oxygen atoms in total. The first kappa shape index (κ1) is 58.7. The van der Waals surface area contributed by atoms with Gasteiger partial charge in [0.05, 0.1) is 17.7 Å². The van der Waals surface area contributed by atoms with E-state index in [1.54, 1.807) is 0 Å². The van der Waals surface area contributed by atoms with Crippen molar-refractivity contribution in [2.75, 3.05) is 31.8 Å². The molecule has 0 saturated carbocycles. The number of fused-ring (bicyclic) bond motifs is 1. The van der Waals surface area contributed by atoms with E-state index in [1.807, 2.05) is 0 Å². The molecule has 408 valence electrons. The van der Waals surface area contributed by atoms with Gasteiger partial charge in [-0.25, -0.2) is 0 Å². The van der Waals surface area contributed by atoms with E-state index in [9.17, 15) is 52.7 Å². The number of hydrogen-bond donors (Lipinski definition) is 0. The van der Waals surface area contributed by atoms with Gasteiger partial charge in [0.15, 0.2) is 55.5 Å². The monoisotopic (exact) mass is 1120 g/mol. The van der Waals surface area contributed by atoms with Crippen LogP contribution in [-0.4, -0.2) is 194 Å². The Bertz CT molecular complexity index is 2260. The molecule has 0 unspecified atom stereocenters. The lowest BCUT2D eigenvalue weighted by Crippen LogP contribution is -2.70. The summed E-state index contributed by atoms with van der Waals surface area (Å²) in [6, 6.07) is 4.12. The number of nitrogens with zero attached hydrogens (tertiary/aromatic N) is 1. The summed E-state index contributed by atoms with van der Waals surface area (Å²) in [4.78, 5) is 143. The van der Waals surface area contributed by atoms with Crippen molar-refractivity contribution >= 4 is 81.5 Å². The summed E-state index contributed by atoms with van der Waals surface area (Å²) < 4.78 is 87.8. The number of carbonyl (C=O) groups is 11. The summed E-state index contributed by atoms with van der Waals surface area (Å²) in [7, 11) is 0. The number of benzene rings is 1. The van der Waals surface area contributed by atoms with Crippen LogP contribution in [0.15, 0.2) is 24.3 Å². The number of amides is 2. The summed E-state index contributed by atoms with van der Waals surface area (Å²) in [6.07, 6.45) is -25.4. The highest BCUT2D eigenvalue weighted by molar-refractivity contribution is 9.09. The summed E-state index contributed by atoms with van der Waals surface area (Å²) in [5, 5.41) is 0.191. The Morgan fingerprint density at radius 2 is 0.770 bits per heavy atom. The largest absolute Gasteiger partial charge is 0.463 e. The Balaban J connectivity index is 1.68. The second-order valence-corrected chi connectivity index (χ2v) is 17.6. The fraction of sp³-hybridized carbons (Fsp3) is 0.630. The van der Waals surface area contributed by atoms with Gasteiger partial charge in [0.2, 0.25) is 0 Å². The van der Waals surface area contributed by atoms with E-state index in [2.05, 4.69) is 15.9 Å². The van der Waals surface area contributed by atoms with Crippen molar-refractivity contribution in [2.24, 2.45) is 0 Å². The minimum Gasteiger partial charge on any atom is -0.463 e. The normalized spacial score (nSPS) is 30.4. The van der Waals surface area contributed by atoms with Gasteiger partial charge in [0.25, 0.3) is 11.8 Å². The maximum Gasteiger partial charge on any atom is 0.303 e. The lowest BCUT2D eigenvalue weighted by atomic mass is 9.93. The maximum absolute atomic E-state index is 14.2. The molecule has 0 aromatic heterocycles. The second-order valence-electron chi connectivity index (χ2n) is 16.8. The number of esters is 9. The first-order valence-corrected chi connectivity index (χ1v) is 23.9. The molecular formula is C46H56BrNO26. The number of hydrogen-bond acceptors (Lipinski definition) is 26. The molecule has 3 saturated heterocycles. The predicted molar refractivity (Wildman–Crippen MR) is 239 cm³/mol. The highest BCUT2D eigenvalue weighted by Gasteiger charge is 2.61. The Kier molecular flexibility index (Phi) is 20.9. The third-order valence-electron chi connectivity index (χ3n) is 11.0. The van der Waals surface area contributed by atoms with Crippen LogP contribution in [0.3, 0.4) is 0 Å². The Labute approximate surface area is 430 Å². The molecule has 2 amide bonds. The van der Waals surface area contributed by atoms with Crippen LogP contribution in [0.5, 0.6) is 0 Å². The lowest BCUT2D eigenvalue weighted by molar-refractivity contribution is -0.376. The van der Waals surface area contributed by atoms with E-state index in [1.165, 1.54) is 24.3 Å². The van der Waals surface area contributed by atoms with Crippen LogP contribution in [0.4, 0.5) is 0 Å². The van der Waals surface area contributed by atoms with Gasteiger partial charge in [-0.1, -0.05) is 28.1 Å². The molecule has 4 aliphatic rings. The van der Waals surface area contributed by atoms with Gasteiger partial charge in [-0.2, -0.15) is 0 Å². The topological polar surface area (TPSA) is 329 Å². The van der Waals surface area contributed by atoms with Crippen LogP contribution >= 0.6 is 15.9 Å². The van der Waals surface area contributed by atoms with Crippen molar-refractivity contribution in [3.63, 3.8) is 0 Å². The Morgan fingerprint density at radius 1 is 0.446 bits per heavy atom. The number of rotatable bonds is 20. The average Bonchev–Trinajstić information content (AvgIpc) is 3.54. The maximum atomic E-state index is 14.2. The minimum absolute atomic E-state index is 0.0244. The molecule has 0 aliphatic carbocycles. The van der Waals surface area contributed by atoms with Crippen LogP contribution in [0, 0.1) is 0 Å². The third kappa shape index (κ3) is 15.0. The van der Waals surface area contributed by atoms with Crippen LogP contribution in [-0.2, 0) is 114 Å². The molecule has 28 heteroatoms. The number of carbonyl (C=O) groups excluding carboxylic acids is 11. The first-order chi connectivity index (χ1) is 34.9. The molecule has 0 radical (unpaired) electrons. The van der Waals surface area contributed by atoms with Crippen molar-refractivity contribution in [3.8, 4) is 0 Å². The summed E-state index contributed by atoms with van der Waals surface area (Å²) in [5.74, 6) is -10.4. The lowest BCUT2D eigenvalue weighted by Gasteiger charge is -2.51. The molecule has 3 fully saturated rings. The van der Waals surface area contributed by atoms with E-state index in [0.29, 0.717) is 0 Å². The Morgan fingerprint density at radius 3 is 1.15 bits per heavy atom. The number of alkyl halides is 1. The van der Waals surface area contributed by atoms with Gasteiger partial charge in [-0.3, -0.25) is 57.6 Å². The van der Waals surface area contributed by atoms with E-state index in [0.717, 1.165) is 67.2 Å². The van der Waals surface area contributed by atoms with Crippen molar-refractivity contribution in [1.29, 1.82) is 0 Å². The predicted octanol–water partition coefficient (Wildman–Crippen LogP) is 0.287. The number of halogens is 1. The average molecular weight is 1120 g/mol. The molecule has 4 heterocycles. The molecule has 74 heavy (non-hydrogen) atoms. The molecule has 4 aliphatic heterocycles. The first-order valence-electron chi connectivity index (χ1n) is 22.8. The van der Waals surface area contributed by atoms with Gasteiger partial charge < -0.3 is 71.1 Å². The van der Waals surface area contributed by atoms with Crippen molar-refractivity contribution in [1.82, 2.24) is 4.90 Å². The molecule has 5 rings (SSSR count). The van der Waals surface area contributed by atoms with Crippen LogP contribution in [0.2, 0.25) is 0 Å². The molecule has 1 aromatic rings. The van der Waals surface area contributed by atoms with Crippen LogP contribution in [0.25, 0.3) is 0 Å². The smallest absolute Gasteiger partial charge is 0.303 e. The summed E-state index contributed by atoms with van der Waals surface area (Å²) >= 11 is 3.26. The van der Waals surface area contributed by atoms with Gasteiger partial charge in [0, 0.05) is 67.6 Å². The van der Waals surface area contributed by atoms with Crippen molar-refractivity contribution in [2.45, 2.75) is 154 Å². The zero-order valence-electron chi connectivity index (χ0n) is 41.4. The highest BCUT2D eigenvalue weighted by Crippen LogP contribution is 2.40. The molecule has 0 N–H and O–H groups in total. The van der Waals surface area contributed by atoms with Gasteiger partial charge in [-0.05, 0) is 12.1 Å². The number of imide groups is 1. The Hall–Kier alpha value is -6.17. The standard InChI is InChI=1S/C46H56BrNO26/c1-19(49)61-16-30-34(37(65-23(5)53)33(44(70-30)60-15-14-47)48-42(58)28-12-10-11-13-29(28)43(48)59)73-45-41(69-27(9)57)39(67-25(7)55)36(32(72-45)18-63-21(3)51)74-46-40(68-26(8)56)38(66-24(6)54)35(64-22(4)52)31(71-46)17-62-20(2)50/h10-13,30-41,44-46H,14-18H2,1-9H3/t30-,31-,32-,33-,34-,35+,36+,37-,38+,39+,40-,41-,44-,45+,46-/m1/s1. The third-order valence-corrected chi connectivity index (χ3v) is 11.4. The van der Waals surface area contributed by atoms with Gasteiger partial charge in [-0.15, -0.1) is 0 Å². The fourth-order valence-electron chi connectivity index (χ4n) is 8.50. The van der Waals surface area contributed by atoms with Crippen LogP contribution in [0.1, 0.15) is 83.0 Å². The van der Waals surface area contributed by atoms with Gasteiger partial charge >= 0.3 is 53.7 Å². The zero-order valence-corrected chi connectivity index (χ0v) is 43.0. The van der Waals surface area contributed by atoms with Gasteiger partial charge in [0.1, 0.15) is 56.4 Å². The molecule has 15 atom stereocenters. The zero-order chi connectivity index (χ0) is 54.7. The molecule has 0 spiro atoms. The molecular weight excluding hydrogens is 1060 g/mol. The van der Waals surface area contributed by atoms with Crippen molar-refractivity contribution in [3.05, 3.63) is 35.4 Å². The summed E-state index contributed by atoms with van der Waals surface area (Å²) in [5.41, 5.74) is -0.0489. The van der Waals surface area contributed by atoms with E-state index in [4.69, 9.17) is 71.1 Å². The SMILES string of the molecule is CC(=O)OC[C@H]1O[C@H](O[C@@H]2[C@H](OC(C)=O)[C@@H](OC(C)=O)[C@H](O[C@H]3[C@H](OC(C)=O)[C@@H](N4C(=O)c5ccccc5C4=O)[C@H](OCCBr)O[C@@H]3COC(C)=O)O[C@@H]2COC(C)=O)[C@H](OC(C)=O)[C@@H](OC(C)=O)[C@H]1OC(C)=O. The van der Waals surface area contributed by atoms with E-state index in [-0.39, 0.29) is 23.1 Å². The minimum atomic E-state index is -2.08. The van der Waals surface area contributed by atoms with Crippen LogP contribution < -0.4 is 0 Å². The fourth-order valence-corrected chi connectivity index (χ4v) is 8.69. The molecule has 1 aromatic carbocycles.